The topological polar surface area (TPSA) is 51.3 Å². The third-order valence-corrected chi connectivity index (χ3v) is 2.03. The van der Waals surface area contributed by atoms with E-state index in [-0.39, 0.29) is 0 Å². The maximum atomic E-state index is 5.65. The first kappa shape index (κ1) is 10.7. The summed E-state index contributed by atoms with van der Waals surface area (Å²) in [6.07, 6.45) is 4.88. The molecule has 0 unspecified atom stereocenters. The van der Waals surface area contributed by atoms with Gasteiger partial charge < -0.3 is 5.73 Å². The van der Waals surface area contributed by atoms with Crippen LogP contribution in [0.4, 0.5) is 0 Å². The molecule has 0 aliphatic carbocycles. The first-order valence-electron chi connectivity index (χ1n) is 4.17. The van der Waals surface area contributed by atoms with Crippen LogP contribution >= 0.6 is 11.6 Å². The second-order valence-corrected chi connectivity index (χ2v) is 2.96. The summed E-state index contributed by atoms with van der Waals surface area (Å²) in [7, 11) is 1.69. The van der Waals surface area contributed by atoms with Crippen molar-refractivity contribution in [2.24, 2.45) is 10.7 Å². The van der Waals surface area contributed by atoms with Gasteiger partial charge in [0.1, 0.15) is 0 Å². The Kier molecular flexibility index (Phi) is 4.13. The van der Waals surface area contributed by atoms with E-state index in [1.54, 1.807) is 19.5 Å². The molecule has 0 spiro atoms. The van der Waals surface area contributed by atoms with E-state index < -0.39 is 0 Å². The zero-order chi connectivity index (χ0) is 10.4. The van der Waals surface area contributed by atoms with Crippen LogP contribution in [-0.4, -0.2) is 18.2 Å². The molecule has 4 heteroatoms. The number of nitrogens with two attached hydrogens (primary N) is 1. The third-order valence-electron chi connectivity index (χ3n) is 1.72. The van der Waals surface area contributed by atoms with Gasteiger partial charge in [-0.3, -0.25) is 9.98 Å². The second-order valence-electron chi connectivity index (χ2n) is 2.69. The van der Waals surface area contributed by atoms with Crippen molar-refractivity contribution in [3.8, 4) is 0 Å². The summed E-state index contributed by atoms with van der Waals surface area (Å²) in [5.41, 5.74) is 8.03. The minimum absolute atomic E-state index is 0.469. The summed E-state index contributed by atoms with van der Waals surface area (Å²) in [5.74, 6) is 0.469. The molecule has 0 aromatic carbocycles. The summed E-state index contributed by atoms with van der Waals surface area (Å²) in [5, 5.41) is 0. The third kappa shape index (κ3) is 2.57. The van der Waals surface area contributed by atoms with Crippen molar-refractivity contribution in [3.63, 3.8) is 0 Å². The molecule has 1 rings (SSSR count). The zero-order valence-corrected chi connectivity index (χ0v) is 8.70. The average molecular weight is 210 g/mol. The lowest BCUT2D eigenvalue weighted by atomic mass is 10.2. The lowest BCUT2D eigenvalue weighted by Crippen LogP contribution is -1.95. The maximum Gasteiger partial charge on any atom is 0.0731 e. The van der Waals surface area contributed by atoms with Crippen LogP contribution in [0, 0.1) is 0 Å². The van der Waals surface area contributed by atoms with Crippen LogP contribution in [0.25, 0.3) is 5.57 Å². The Morgan fingerprint density at radius 1 is 1.64 bits per heavy atom. The normalized spacial score (nSPS) is 12.3. The molecular formula is C10H12ClN3. The Bertz CT molecular complexity index is 341. The highest BCUT2D eigenvalue weighted by Crippen LogP contribution is 2.10. The van der Waals surface area contributed by atoms with Crippen LogP contribution in [0.15, 0.2) is 29.5 Å². The van der Waals surface area contributed by atoms with E-state index in [1.807, 2.05) is 12.1 Å². The molecule has 0 radical (unpaired) electrons. The molecule has 0 atom stereocenters. The van der Waals surface area contributed by atoms with Crippen molar-refractivity contribution < 1.29 is 0 Å². The lowest BCUT2D eigenvalue weighted by molar-refractivity contribution is 1.22. The van der Waals surface area contributed by atoms with Gasteiger partial charge in [0.2, 0.25) is 0 Å². The van der Waals surface area contributed by atoms with Crippen molar-refractivity contribution in [2.75, 3.05) is 7.05 Å². The molecule has 3 nitrogen and oxygen atoms in total. The van der Waals surface area contributed by atoms with E-state index in [2.05, 4.69) is 9.98 Å². The summed E-state index contributed by atoms with van der Waals surface area (Å²) in [6, 6.07) is 3.79. The highest BCUT2D eigenvalue weighted by molar-refractivity contribution is 6.17. The standard InChI is InChI=1S/C10H12ClN3/c1-13-7-9(5-12)10-3-2-8(4-11)6-14-10/h2-3,5-7H,4,12H2,1H3/b9-5+,13-7?. The Labute approximate surface area is 88.3 Å². The molecule has 0 aliphatic rings. The fourth-order valence-electron chi connectivity index (χ4n) is 1.01. The highest BCUT2D eigenvalue weighted by atomic mass is 35.5. The molecule has 0 aliphatic heterocycles. The fraction of sp³-hybridized carbons (Fsp3) is 0.200. The van der Waals surface area contributed by atoms with Gasteiger partial charge in [0, 0.05) is 37.1 Å². The van der Waals surface area contributed by atoms with E-state index in [0.29, 0.717) is 5.88 Å². The smallest absolute Gasteiger partial charge is 0.0731 e. The van der Waals surface area contributed by atoms with Gasteiger partial charge in [-0.2, -0.15) is 0 Å². The van der Waals surface area contributed by atoms with Gasteiger partial charge in [-0.05, 0) is 11.6 Å². The number of aliphatic imine (C=N–C) groups is 1. The number of hydrogen-bond acceptors (Lipinski definition) is 3. The number of allylic oxidation sites excluding steroid dienone is 1. The number of pyridine rings is 1. The first-order valence-corrected chi connectivity index (χ1v) is 4.70. The Balaban J connectivity index is 2.96. The molecule has 0 fully saturated rings. The number of aromatic nitrogens is 1. The van der Waals surface area contributed by atoms with Crippen molar-refractivity contribution in [1.82, 2.24) is 4.98 Å². The Morgan fingerprint density at radius 2 is 2.43 bits per heavy atom. The number of rotatable bonds is 3. The van der Waals surface area contributed by atoms with Gasteiger partial charge in [0.25, 0.3) is 0 Å². The summed E-state index contributed by atoms with van der Waals surface area (Å²) >= 11 is 5.65. The molecular weight excluding hydrogens is 198 g/mol. The summed E-state index contributed by atoms with van der Waals surface area (Å²) < 4.78 is 0. The first-order chi connectivity index (χ1) is 6.81. The maximum absolute atomic E-state index is 5.65. The molecule has 0 amide bonds. The molecule has 0 saturated heterocycles. The number of hydrogen-bond donors (Lipinski definition) is 1. The van der Waals surface area contributed by atoms with Gasteiger partial charge in [-0.15, -0.1) is 11.6 Å². The Hall–Kier alpha value is -1.35. The average Bonchev–Trinajstić information content (AvgIpc) is 2.26. The van der Waals surface area contributed by atoms with E-state index in [0.717, 1.165) is 16.8 Å². The molecule has 14 heavy (non-hydrogen) atoms. The number of alkyl halides is 1. The Morgan fingerprint density at radius 3 is 2.86 bits per heavy atom. The summed E-state index contributed by atoms with van der Waals surface area (Å²) in [4.78, 5) is 8.10. The predicted molar refractivity (Wildman–Crippen MR) is 60.4 cm³/mol. The number of nitrogens with zero attached hydrogens (tertiary/aromatic N) is 2. The molecule has 2 N–H and O–H groups in total. The minimum atomic E-state index is 0.469. The molecule has 1 aromatic rings. The van der Waals surface area contributed by atoms with Crippen LogP contribution in [0.2, 0.25) is 0 Å². The van der Waals surface area contributed by atoms with Crippen LogP contribution in [0.1, 0.15) is 11.3 Å². The van der Waals surface area contributed by atoms with Gasteiger partial charge in [-0.1, -0.05) is 6.07 Å². The lowest BCUT2D eigenvalue weighted by Gasteiger charge is -2.00. The predicted octanol–water partition coefficient (Wildman–Crippen LogP) is 1.82. The molecule has 1 aromatic heterocycles. The van der Waals surface area contributed by atoms with Crippen LogP contribution in [0.5, 0.6) is 0 Å². The highest BCUT2D eigenvalue weighted by Gasteiger charge is 1.99. The van der Waals surface area contributed by atoms with Gasteiger partial charge >= 0.3 is 0 Å². The number of halogens is 1. The van der Waals surface area contributed by atoms with Crippen molar-refractivity contribution >= 4 is 23.4 Å². The second kappa shape index (κ2) is 5.40. The van der Waals surface area contributed by atoms with Gasteiger partial charge in [-0.25, -0.2) is 0 Å². The quantitative estimate of drug-likeness (QED) is 0.610. The van der Waals surface area contributed by atoms with E-state index >= 15 is 0 Å². The molecule has 0 bridgehead atoms. The summed E-state index contributed by atoms with van der Waals surface area (Å²) in [6.45, 7) is 0. The van der Waals surface area contributed by atoms with Gasteiger partial charge in [0.15, 0.2) is 0 Å². The van der Waals surface area contributed by atoms with Crippen LogP contribution in [-0.2, 0) is 5.88 Å². The monoisotopic (exact) mass is 209 g/mol. The van der Waals surface area contributed by atoms with Crippen molar-refractivity contribution in [3.05, 3.63) is 35.8 Å². The molecule has 74 valence electrons. The fourth-order valence-corrected chi connectivity index (χ4v) is 1.17. The minimum Gasteiger partial charge on any atom is -0.404 e. The van der Waals surface area contributed by atoms with E-state index in [4.69, 9.17) is 17.3 Å². The molecule has 0 saturated carbocycles. The molecule has 1 heterocycles. The largest absolute Gasteiger partial charge is 0.404 e. The van der Waals surface area contributed by atoms with Crippen molar-refractivity contribution in [1.29, 1.82) is 0 Å². The van der Waals surface area contributed by atoms with E-state index in [9.17, 15) is 0 Å². The van der Waals surface area contributed by atoms with Crippen LogP contribution in [0.3, 0.4) is 0 Å². The van der Waals surface area contributed by atoms with Crippen molar-refractivity contribution in [2.45, 2.75) is 5.88 Å². The SMILES string of the molecule is CN=C/C(=C\N)c1ccc(CCl)cn1. The van der Waals surface area contributed by atoms with Gasteiger partial charge in [0.05, 0.1) is 5.69 Å². The zero-order valence-electron chi connectivity index (χ0n) is 7.94. The van der Waals surface area contributed by atoms with E-state index in [1.165, 1.54) is 6.20 Å². The van der Waals surface area contributed by atoms with Crippen LogP contribution < -0.4 is 5.73 Å².